The van der Waals surface area contributed by atoms with Gasteiger partial charge >= 0.3 is 0 Å². The fraction of sp³-hybridized carbons (Fsp3) is 0. The van der Waals surface area contributed by atoms with Crippen LogP contribution in [0.4, 0.5) is 0 Å². The Morgan fingerprint density at radius 3 is 2.58 bits per heavy atom. The Labute approximate surface area is 148 Å². The monoisotopic (exact) mass is 356 g/mol. The van der Waals surface area contributed by atoms with Gasteiger partial charge in [-0.15, -0.1) is 0 Å². The fourth-order valence-corrected chi connectivity index (χ4v) is 2.93. The maximum Gasteiger partial charge on any atom is 0.232 e. The van der Waals surface area contributed by atoms with Crippen LogP contribution in [0.25, 0.3) is 17.4 Å². The van der Waals surface area contributed by atoms with Crippen molar-refractivity contribution in [2.75, 3.05) is 0 Å². The number of carbonyl (C=O) groups excluding carboxylic acids is 1. The molecule has 1 aliphatic rings. The zero-order valence-corrected chi connectivity index (χ0v) is 13.8. The molecular formula is C19H10Cl2O3. The number of hydrogen-bond acceptors (Lipinski definition) is 3. The molecule has 0 aliphatic carbocycles. The highest BCUT2D eigenvalue weighted by molar-refractivity contribution is 6.33. The fourth-order valence-electron chi connectivity index (χ4n) is 2.53. The van der Waals surface area contributed by atoms with Crippen LogP contribution in [0.2, 0.25) is 10.0 Å². The summed E-state index contributed by atoms with van der Waals surface area (Å²) in [6.45, 7) is 0. The number of ether oxygens (including phenoxy) is 1. The van der Waals surface area contributed by atoms with Crippen molar-refractivity contribution in [2.45, 2.75) is 0 Å². The quantitative estimate of drug-likeness (QED) is 0.539. The molecule has 3 aromatic rings. The van der Waals surface area contributed by atoms with Gasteiger partial charge in [-0.25, -0.2) is 0 Å². The van der Waals surface area contributed by atoms with Gasteiger partial charge in [0.2, 0.25) is 5.78 Å². The first-order chi connectivity index (χ1) is 11.6. The van der Waals surface area contributed by atoms with Crippen LogP contribution >= 0.6 is 23.2 Å². The Balaban J connectivity index is 1.66. The summed E-state index contributed by atoms with van der Waals surface area (Å²) >= 11 is 12.1. The van der Waals surface area contributed by atoms with Crippen molar-refractivity contribution in [3.63, 3.8) is 0 Å². The molecule has 0 fully saturated rings. The van der Waals surface area contributed by atoms with Crippen LogP contribution < -0.4 is 4.74 Å². The van der Waals surface area contributed by atoms with Gasteiger partial charge < -0.3 is 9.15 Å². The highest BCUT2D eigenvalue weighted by Gasteiger charge is 2.27. The van der Waals surface area contributed by atoms with Crippen LogP contribution in [-0.4, -0.2) is 5.78 Å². The molecule has 1 aromatic heterocycles. The molecule has 4 rings (SSSR count). The third-order valence-corrected chi connectivity index (χ3v) is 4.23. The molecule has 0 bridgehead atoms. The minimum Gasteiger partial charge on any atom is -0.457 e. The van der Waals surface area contributed by atoms with Crippen LogP contribution in [0.1, 0.15) is 16.1 Å². The molecule has 0 N–H and O–H groups in total. The van der Waals surface area contributed by atoms with E-state index in [1.54, 1.807) is 42.5 Å². The first-order valence-corrected chi connectivity index (χ1v) is 7.96. The molecule has 0 radical (unpaired) electrons. The average molecular weight is 357 g/mol. The van der Waals surface area contributed by atoms with E-state index in [0.717, 1.165) is 5.56 Å². The molecule has 0 atom stereocenters. The Morgan fingerprint density at radius 1 is 0.917 bits per heavy atom. The number of carbonyl (C=O) groups is 1. The molecule has 2 heterocycles. The second kappa shape index (κ2) is 5.86. The molecule has 0 spiro atoms. The number of ketones is 1. The van der Waals surface area contributed by atoms with Gasteiger partial charge in [-0.3, -0.25) is 4.79 Å². The van der Waals surface area contributed by atoms with Crippen LogP contribution in [0.5, 0.6) is 5.75 Å². The molecule has 0 saturated carbocycles. The summed E-state index contributed by atoms with van der Waals surface area (Å²) in [5.41, 5.74) is 1.24. The Bertz CT molecular complexity index is 986. The third kappa shape index (κ3) is 2.62. The maximum absolute atomic E-state index is 12.4. The van der Waals surface area contributed by atoms with E-state index in [9.17, 15) is 4.79 Å². The molecule has 0 unspecified atom stereocenters. The lowest BCUT2D eigenvalue weighted by molar-refractivity contribution is 0.101. The largest absolute Gasteiger partial charge is 0.457 e. The average Bonchev–Trinajstić information content (AvgIpc) is 3.15. The Kier molecular flexibility index (Phi) is 3.68. The number of allylic oxidation sites excluding steroid dienone is 1. The summed E-state index contributed by atoms with van der Waals surface area (Å²) in [4.78, 5) is 12.4. The second-order valence-corrected chi connectivity index (χ2v) is 6.11. The van der Waals surface area contributed by atoms with Gasteiger partial charge in [0.05, 0.1) is 10.6 Å². The lowest BCUT2D eigenvalue weighted by Crippen LogP contribution is -1.97. The first kappa shape index (κ1) is 15.1. The SMILES string of the molecule is O=C1/C(=C/c2ccc(-c3ccccc3Cl)o2)Oc2ccc(Cl)cc21. The molecule has 0 saturated heterocycles. The Hall–Kier alpha value is -2.49. The van der Waals surface area contributed by atoms with E-state index in [1.807, 2.05) is 18.2 Å². The number of benzene rings is 2. The van der Waals surface area contributed by atoms with Crippen molar-refractivity contribution in [2.24, 2.45) is 0 Å². The maximum atomic E-state index is 12.4. The van der Waals surface area contributed by atoms with E-state index in [1.165, 1.54) is 0 Å². The number of furan rings is 1. The smallest absolute Gasteiger partial charge is 0.232 e. The van der Waals surface area contributed by atoms with Crippen LogP contribution in [0, 0.1) is 0 Å². The van der Waals surface area contributed by atoms with Crippen molar-refractivity contribution in [1.29, 1.82) is 0 Å². The molecule has 1 aliphatic heterocycles. The lowest BCUT2D eigenvalue weighted by Gasteiger charge is -1.99. The first-order valence-electron chi connectivity index (χ1n) is 7.20. The van der Waals surface area contributed by atoms with E-state index >= 15 is 0 Å². The lowest BCUT2D eigenvalue weighted by atomic mass is 10.1. The summed E-state index contributed by atoms with van der Waals surface area (Å²) in [7, 11) is 0. The van der Waals surface area contributed by atoms with Crippen molar-refractivity contribution in [3.05, 3.63) is 81.7 Å². The van der Waals surface area contributed by atoms with Crippen molar-refractivity contribution >= 4 is 35.1 Å². The van der Waals surface area contributed by atoms with E-state index in [4.69, 9.17) is 32.4 Å². The number of fused-ring (bicyclic) bond motifs is 1. The molecule has 2 aromatic carbocycles. The summed E-state index contributed by atoms with van der Waals surface area (Å²) < 4.78 is 11.3. The van der Waals surface area contributed by atoms with Crippen LogP contribution in [-0.2, 0) is 0 Å². The summed E-state index contributed by atoms with van der Waals surface area (Å²) in [5, 5.41) is 1.09. The van der Waals surface area contributed by atoms with Crippen LogP contribution in [0.3, 0.4) is 0 Å². The van der Waals surface area contributed by atoms with Gasteiger partial charge in [0.15, 0.2) is 5.76 Å². The molecule has 5 heteroatoms. The topological polar surface area (TPSA) is 39.4 Å². The van der Waals surface area contributed by atoms with E-state index in [2.05, 4.69) is 0 Å². The zero-order valence-electron chi connectivity index (χ0n) is 12.3. The highest BCUT2D eigenvalue weighted by atomic mass is 35.5. The molecular weight excluding hydrogens is 347 g/mol. The van der Waals surface area contributed by atoms with Gasteiger partial charge in [-0.2, -0.15) is 0 Å². The number of hydrogen-bond donors (Lipinski definition) is 0. The molecule has 3 nitrogen and oxygen atoms in total. The molecule has 0 amide bonds. The third-order valence-electron chi connectivity index (χ3n) is 3.67. The highest BCUT2D eigenvalue weighted by Crippen LogP contribution is 2.35. The van der Waals surface area contributed by atoms with E-state index in [0.29, 0.717) is 32.9 Å². The van der Waals surface area contributed by atoms with Crippen molar-refractivity contribution in [1.82, 2.24) is 0 Å². The summed E-state index contributed by atoms with van der Waals surface area (Å²) in [6, 6.07) is 15.9. The second-order valence-electron chi connectivity index (χ2n) is 5.26. The van der Waals surface area contributed by atoms with Crippen LogP contribution in [0.15, 0.2) is 64.8 Å². The number of Topliss-reactive ketones (excluding diaryl/α,β-unsaturated/α-hetero) is 1. The van der Waals surface area contributed by atoms with Gasteiger partial charge in [-0.05, 0) is 42.5 Å². The predicted molar refractivity (Wildman–Crippen MR) is 93.5 cm³/mol. The number of halogens is 2. The van der Waals surface area contributed by atoms with Gasteiger partial charge in [0.1, 0.15) is 17.3 Å². The summed E-state index contributed by atoms with van der Waals surface area (Å²) in [5.74, 6) is 1.61. The summed E-state index contributed by atoms with van der Waals surface area (Å²) in [6.07, 6.45) is 1.57. The minimum atomic E-state index is -0.219. The normalized spacial score (nSPS) is 14.8. The van der Waals surface area contributed by atoms with Crippen molar-refractivity contribution < 1.29 is 13.9 Å². The van der Waals surface area contributed by atoms with Gasteiger partial charge in [0.25, 0.3) is 0 Å². The Morgan fingerprint density at radius 2 is 1.75 bits per heavy atom. The zero-order chi connectivity index (χ0) is 16.7. The standard InChI is InChI=1S/C19H10Cl2O3/c20-11-5-7-17-14(9-11)19(22)18(24-17)10-12-6-8-16(23-12)13-3-1-2-4-15(13)21/h1-10H/b18-10-. The number of rotatable bonds is 2. The van der Waals surface area contributed by atoms with Crippen molar-refractivity contribution in [3.8, 4) is 17.1 Å². The molecule has 24 heavy (non-hydrogen) atoms. The molecule has 118 valence electrons. The van der Waals surface area contributed by atoms with Gasteiger partial charge in [-0.1, -0.05) is 35.3 Å². The van der Waals surface area contributed by atoms with Gasteiger partial charge in [0, 0.05) is 16.7 Å². The minimum absolute atomic E-state index is 0.201. The van der Waals surface area contributed by atoms with E-state index in [-0.39, 0.29) is 11.5 Å². The van der Waals surface area contributed by atoms with E-state index < -0.39 is 0 Å². The predicted octanol–water partition coefficient (Wildman–Crippen LogP) is 5.87.